The van der Waals surface area contributed by atoms with Gasteiger partial charge in [-0.15, -0.1) is 16.4 Å². The van der Waals surface area contributed by atoms with Crippen molar-refractivity contribution in [2.75, 3.05) is 5.73 Å². The number of nitrogens with two attached hydrogens (primary N) is 1. The molecule has 3 N–H and O–H groups in total. The lowest BCUT2D eigenvalue weighted by Crippen LogP contribution is -2.21. The molecular formula is C16H20N8O2S. The van der Waals surface area contributed by atoms with Gasteiger partial charge in [0.15, 0.2) is 5.69 Å². The van der Waals surface area contributed by atoms with Crippen LogP contribution < -0.4 is 11.2 Å². The summed E-state index contributed by atoms with van der Waals surface area (Å²) in [4.78, 5) is 14.9. The van der Waals surface area contributed by atoms with Crippen LogP contribution in [0, 0.1) is 13.8 Å². The summed E-state index contributed by atoms with van der Waals surface area (Å²) in [5.74, 6) is -0.181. The maximum atomic E-state index is 12.6. The average Bonchev–Trinajstić information content (AvgIpc) is 3.31. The average molecular weight is 388 g/mol. The number of aromatic nitrogens is 5. The topological polar surface area (TPSA) is 137 Å². The predicted octanol–water partition coefficient (Wildman–Crippen LogP) is 2.02. The number of thiophene rings is 1. The molecule has 0 aliphatic rings. The molecule has 11 heteroatoms. The van der Waals surface area contributed by atoms with E-state index in [1.54, 1.807) is 11.3 Å². The van der Waals surface area contributed by atoms with Crippen molar-refractivity contribution in [2.24, 2.45) is 5.10 Å². The summed E-state index contributed by atoms with van der Waals surface area (Å²) in [6, 6.07) is 2.05. The number of anilines is 1. The molecule has 3 heterocycles. The number of hydrogen-bond donors (Lipinski definition) is 2. The van der Waals surface area contributed by atoms with Gasteiger partial charge >= 0.3 is 0 Å². The maximum Gasteiger partial charge on any atom is 0.293 e. The van der Waals surface area contributed by atoms with Gasteiger partial charge in [-0.05, 0) is 43.6 Å². The molecule has 0 saturated heterocycles. The smallest absolute Gasteiger partial charge is 0.293 e. The Morgan fingerprint density at radius 2 is 2.19 bits per heavy atom. The van der Waals surface area contributed by atoms with Crippen LogP contribution in [0.1, 0.15) is 51.8 Å². The minimum atomic E-state index is -0.455. The Hall–Kier alpha value is -3.08. The summed E-state index contributed by atoms with van der Waals surface area (Å²) < 4.78 is 5.98. The van der Waals surface area contributed by atoms with E-state index in [0.717, 1.165) is 22.6 Å². The molecule has 0 bridgehead atoms. The van der Waals surface area contributed by atoms with Crippen LogP contribution in [0.15, 0.2) is 15.8 Å². The third kappa shape index (κ3) is 3.72. The van der Waals surface area contributed by atoms with Gasteiger partial charge in [0, 0.05) is 15.3 Å². The molecule has 1 amide bonds. The second-order valence-corrected chi connectivity index (χ2v) is 7.45. The Balaban J connectivity index is 1.86. The highest BCUT2D eigenvalue weighted by atomic mass is 32.1. The molecular weight excluding hydrogens is 368 g/mol. The number of nitrogens with one attached hydrogen (secondary N) is 1. The second-order valence-electron chi connectivity index (χ2n) is 5.98. The van der Waals surface area contributed by atoms with Crippen LogP contribution in [0.5, 0.6) is 0 Å². The van der Waals surface area contributed by atoms with Crippen molar-refractivity contribution in [3.63, 3.8) is 0 Å². The SMILES string of the molecule is CCCc1c(C(=O)N/N=C(/C)c2cc(C)sc2C)nnn1-c1nonc1N. The number of aryl methyl sites for hydroxylation is 2. The van der Waals surface area contributed by atoms with Crippen molar-refractivity contribution in [1.82, 2.24) is 30.7 Å². The molecule has 0 aliphatic heterocycles. The van der Waals surface area contributed by atoms with Crippen molar-refractivity contribution in [2.45, 2.75) is 40.5 Å². The Labute approximate surface area is 159 Å². The molecule has 0 atom stereocenters. The fourth-order valence-corrected chi connectivity index (χ4v) is 3.66. The number of hydrazone groups is 1. The summed E-state index contributed by atoms with van der Waals surface area (Å²) in [6.45, 7) is 7.88. The largest absolute Gasteiger partial charge is 0.378 e. The van der Waals surface area contributed by atoms with Crippen LogP contribution in [0.4, 0.5) is 5.82 Å². The van der Waals surface area contributed by atoms with E-state index < -0.39 is 5.91 Å². The fraction of sp³-hybridized carbons (Fsp3) is 0.375. The molecule has 3 aromatic heterocycles. The first kappa shape index (κ1) is 18.7. The van der Waals surface area contributed by atoms with E-state index in [2.05, 4.69) is 35.8 Å². The van der Waals surface area contributed by atoms with Gasteiger partial charge in [0.1, 0.15) is 0 Å². The molecule has 0 aliphatic carbocycles. The van der Waals surface area contributed by atoms with Crippen LogP contribution in [-0.2, 0) is 6.42 Å². The van der Waals surface area contributed by atoms with E-state index in [4.69, 9.17) is 5.73 Å². The third-order valence-corrected chi connectivity index (χ3v) is 4.88. The Kier molecular flexibility index (Phi) is 5.31. The first-order valence-corrected chi connectivity index (χ1v) is 9.19. The van der Waals surface area contributed by atoms with E-state index in [0.29, 0.717) is 12.1 Å². The van der Waals surface area contributed by atoms with E-state index in [1.807, 2.05) is 33.8 Å². The second kappa shape index (κ2) is 7.66. The monoisotopic (exact) mass is 388 g/mol. The van der Waals surface area contributed by atoms with Crippen LogP contribution in [0.3, 0.4) is 0 Å². The van der Waals surface area contributed by atoms with Crippen molar-refractivity contribution >= 4 is 28.8 Å². The van der Waals surface area contributed by atoms with Crippen molar-refractivity contribution in [1.29, 1.82) is 0 Å². The first-order chi connectivity index (χ1) is 12.9. The highest BCUT2D eigenvalue weighted by Gasteiger charge is 2.23. The fourth-order valence-electron chi connectivity index (χ4n) is 2.68. The predicted molar refractivity (Wildman–Crippen MR) is 101 cm³/mol. The van der Waals surface area contributed by atoms with Crippen molar-refractivity contribution in [3.8, 4) is 5.82 Å². The summed E-state index contributed by atoms with van der Waals surface area (Å²) in [5, 5.41) is 19.4. The molecule has 0 fully saturated rings. The Morgan fingerprint density at radius 3 is 2.78 bits per heavy atom. The highest BCUT2D eigenvalue weighted by molar-refractivity contribution is 7.12. The molecule has 10 nitrogen and oxygen atoms in total. The molecule has 0 radical (unpaired) electrons. The molecule has 27 heavy (non-hydrogen) atoms. The number of rotatable bonds is 6. The zero-order chi connectivity index (χ0) is 19.6. The number of nitrogens with zero attached hydrogens (tertiary/aromatic N) is 6. The number of hydrogen-bond acceptors (Lipinski definition) is 9. The summed E-state index contributed by atoms with van der Waals surface area (Å²) in [5.41, 5.74) is 10.7. The van der Waals surface area contributed by atoms with E-state index in [1.165, 1.54) is 9.56 Å². The van der Waals surface area contributed by atoms with Crippen LogP contribution in [0.25, 0.3) is 5.82 Å². The van der Waals surface area contributed by atoms with E-state index in [9.17, 15) is 4.79 Å². The minimum Gasteiger partial charge on any atom is -0.378 e. The summed E-state index contributed by atoms with van der Waals surface area (Å²) in [6.07, 6.45) is 1.32. The van der Waals surface area contributed by atoms with E-state index in [-0.39, 0.29) is 17.3 Å². The van der Waals surface area contributed by atoms with Crippen LogP contribution in [-0.4, -0.2) is 36.9 Å². The maximum absolute atomic E-state index is 12.6. The van der Waals surface area contributed by atoms with Crippen molar-refractivity contribution in [3.05, 3.63) is 32.8 Å². The zero-order valence-electron chi connectivity index (χ0n) is 15.5. The van der Waals surface area contributed by atoms with Crippen LogP contribution in [0.2, 0.25) is 0 Å². The molecule has 142 valence electrons. The van der Waals surface area contributed by atoms with Gasteiger partial charge in [-0.2, -0.15) is 9.78 Å². The van der Waals surface area contributed by atoms with Gasteiger partial charge in [-0.25, -0.2) is 10.1 Å². The minimum absolute atomic E-state index is 0.0707. The molecule has 0 unspecified atom stereocenters. The molecule has 3 rings (SSSR count). The van der Waals surface area contributed by atoms with Gasteiger partial charge in [-0.1, -0.05) is 18.6 Å². The third-order valence-electron chi connectivity index (χ3n) is 3.92. The molecule has 0 aromatic carbocycles. The summed E-state index contributed by atoms with van der Waals surface area (Å²) >= 11 is 1.69. The molecule has 0 spiro atoms. The van der Waals surface area contributed by atoms with Gasteiger partial charge < -0.3 is 5.73 Å². The molecule has 0 saturated carbocycles. The van der Waals surface area contributed by atoms with Gasteiger partial charge in [-0.3, -0.25) is 4.79 Å². The number of amides is 1. The zero-order valence-corrected chi connectivity index (χ0v) is 16.3. The quantitative estimate of drug-likeness (QED) is 0.487. The first-order valence-electron chi connectivity index (χ1n) is 8.37. The van der Waals surface area contributed by atoms with Gasteiger partial charge in [0.05, 0.1) is 11.4 Å². The lowest BCUT2D eigenvalue weighted by atomic mass is 10.2. The van der Waals surface area contributed by atoms with Crippen LogP contribution >= 0.6 is 11.3 Å². The normalized spacial score (nSPS) is 11.8. The number of carbonyl (C=O) groups is 1. The van der Waals surface area contributed by atoms with Gasteiger partial charge in [0.2, 0.25) is 11.6 Å². The van der Waals surface area contributed by atoms with Gasteiger partial charge in [0.25, 0.3) is 5.91 Å². The lowest BCUT2D eigenvalue weighted by Gasteiger charge is -2.04. The Bertz CT molecular complexity index is 1000. The Morgan fingerprint density at radius 1 is 1.41 bits per heavy atom. The van der Waals surface area contributed by atoms with Crippen molar-refractivity contribution < 1.29 is 9.42 Å². The molecule has 3 aromatic rings. The van der Waals surface area contributed by atoms with E-state index >= 15 is 0 Å². The lowest BCUT2D eigenvalue weighted by molar-refractivity contribution is 0.0948. The number of carbonyl (C=O) groups excluding carboxylic acids is 1. The number of nitrogen functional groups attached to an aromatic ring is 1. The highest BCUT2D eigenvalue weighted by Crippen LogP contribution is 2.21. The standard InChI is InChI=1S/C16H20N8O2S/c1-5-6-12-13(19-23-24(12)15-14(17)21-26-22-15)16(25)20-18-9(3)11-7-8(2)27-10(11)4/h7H,5-6H2,1-4H3,(H2,17,21)(H,20,25)/b18-9-. The summed E-state index contributed by atoms with van der Waals surface area (Å²) in [7, 11) is 0.